The predicted molar refractivity (Wildman–Crippen MR) is 74.2 cm³/mol. The molecule has 1 saturated carbocycles. The smallest absolute Gasteiger partial charge is 0.118 e. The third kappa shape index (κ3) is 3.69. The van der Waals surface area contributed by atoms with Gasteiger partial charge in [0.2, 0.25) is 0 Å². The van der Waals surface area contributed by atoms with Crippen LogP contribution in [-0.4, -0.2) is 32.0 Å². The molecule has 19 heavy (non-hydrogen) atoms. The molecule has 4 heteroatoms. The van der Waals surface area contributed by atoms with Crippen LogP contribution in [0.2, 0.25) is 0 Å². The lowest BCUT2D eigenvalue weighted by atomic mass is 9.86. The molecule has 2 N–H and O–H groups in total. The Hall–Kier alpha value is -1.10. The second-order valence-electron chi connectivity index (χ2n) is 4.93. The topological polar surface area (TPSA) is 53.7 Å². The van der Waals surface area contributed by atoms with E-state index in [0.717, 1.165) is 30.8 Å². The van der Waals surface area contributed by atoms with Gasteiger partial charge in [-0.1, -0.05) is 19.1 Å². The Morgan fingerprint density at radius 2 is 1.95 bits per heavy atom. The van der Waals surface area contributed by atoms with E-state index in [1.54, 1.807) is 7.11 Å². The molecule has 2 rings (SSSR count). The minimum atomic E-state index is 0.0539. The number of rotatable bonds is 7. The van der Waals surface area contributed by atoms with Crippen LogP contribution in [0.5, 0.6) is 5.75 Å². The highest BCUT2D eigenvalue weighted by Crippen LogP contribution is 2.27. The standard InChI is InChI=1S/C15H23NO3/c1-3-8-18-15-13(16)9-14(15)19-10-11-4-6-12(17-2)7-5-11/h4-7,13-15H,3,8-10,16H2,1-2H3. The van der Waals surface area contributed by atoms with Gasteiger partial charge >= 0.3 is 0 Å². The second kappa shape index (κ2) is 6.89. The van der Waals surface area contributed by atoms with Crippen LogP contribution >= 0.6 is 0 Å². The predicted octanol–water partition coefficient (Wildman–Crippen LogP) is 2.11. The van der Waals surface area contributed by atoms with Crippen LogP contribution in [0.3, 0.4) is 0 Å². The maximum absolute atomic E-state index is 5.94. The first kappa shape index (κ1) is 14.3. The van der Waals surface area contributed by atoms with Crippen LogP contribution < -0.4 is 10.5 Å². The maximum atomic E-state index is 5.94. The monoisotopic (exact) mass is 265 g/mol. The molecule has 1 aromatic carbocycles. The lowest BCUT2D eigenvalue weighted by Crippen LogP contribution is -2.58. The van der Waals surface area contributed by atoms with E-state index in [1.807, 2.05) is 24.3 Å². The number of hydrogen-bond acceptors (Lipinski definition) is 4. The molecular formula is C15H23NO3. The highest BCUT2D eigenvalue weighted by Gasteiger charge is 2.40. The lowest BCUT2D eigenvalue weighted by Gasteiger charge is -2.41. The molecule has 0 aromatic heterocycles. The molecule has 0 bridgehead atoms. The average molecular weight is 265 g/mol. The number of ether oxygens (including phenoxy) is 3. The molecule has 0 radical (unpaired) electrons. The van der Waals surface area contributed by atoms with Gasteiger partial charge in [-0.3, -0.25) is 0 Å². The third-order valence-electron chi connectivity index (χ3n) is 3.43. The van der Waals surface area contributed by atoms with Gasteiger partial charge in [-0.05, 0) is 30.5 Å². The molecule has 106 valence electrons. The number of benzene rings is 1. The lowest BCUT2D eigenvalue weighted by molar-refractivity contribution is -0.144. The summed E-state index contributed by atoms with van der Waals surface area (Å²) in [6, 6.07) is 8.03. The van der Waals surface area contributed by atoms with E-state index in [4.69, 9.17) is 19.9 Å². The Kier molecular flexibility index (Phi) is 5.19. The SMILES string of the molecule is CCCOC1C(N)CC1OCc1ccc(OC)cc1. The fraction of sp³-hybridized carbons (Fsp3) is 0.600. The zero-order valence-corrected chi connectivity index (χ0v) is 11.7. The van der Waals surface area contributed by atoms with Crippen molar-refractivity contribution in [3.05, 3.63) is 29.8 Å². The minimum Gasteiger partial charge on any atom is -0.497 e. The highest BCUT2D eigenvalue weighted by atomic mass is 16.5. The van der Waals surface area contributed by atoms with Crippen molar-refractivity contribution in [2.75, 3.05) is 13.7 Å². The fourth-order valence-electron chi connectivity index (χ4n) is 2.19. The van der Waals surface area contributed by atoms with Gasteiger partial charge in [0.15, 0.2) is 0 Å². The molecule has 0 spiro atoms. The molecular weight excluding hydrogens is 242 g/mol. The number of hydrogen-bond donors (Lipinski definition) is 1. The molecule has 1 aliphatic rings. The molecule has 0 aliphatic heterocycles. The summed E-state index contributed by atoms with van der Waals surface area (Å²) in [5.41, 5.74) is 7.07. The minimum absolute atomic E-state index is 0.0539. The Morgan fingerprint density at radius 3 is 2.53 bits per heavy atom. The summed E-state index contributed by atoms with van der Waals surface area (Å²) >= 11 is 0. The van der Waals surface area contributed by atoms with Crippen LogP contribution in [0.4, 0.5) is 0 Å². The van der Waals surface area contributed by atoms with Gasteiger partial charge < -0.3 is 19.9 Å². The van der Waals surface area contributed by atoms with Crippen molar-refractivity contribution in [2.24, 2.45) is 5.73 Å². The Morgan fingerprint density at radius 1 is 1.21 bits per heavy atom. The Bertz CT molecular complexity index is 379. The summed E-state index contributed by atoms with van der Waals surface area (Å²) in [4.78, 5) is 0. The summed E-state index contributed by atoms with van der Waals surface area (Å²) in [6.07, 6.45) is 2.07. The van der Waals surface area contributed by atoms with E-state index in [2.05, 4.69) is 6.92 Å². The van der Waals surface area contributed by atoms with Crippen LogP contribution in [0.15, 0.2) is 24.3 Å². The van der Waals surface area contributed by atoms with Gasteiger partial charge in [0.1, 0.15) is 5.75 Å². The van der Waals surface area contributed by atoms with E-state index in [1.165, 1.54) is 0 Å². The normalized spacial score (nSPS) is 25.9. The second-order valence-corrected chi connectivity index (χ2v) is 4.93. The molecule has 0 heterocycles. The van der Waals surface area contributed by atoms with Crippen molar-refractivity contribution in [3.8, 4) is 5.75 Å². The summed E-state index contributed by atoms with van der Waals surface area (Å²) < 4.78 is 16.7. The van der Waals surface area contributed by atoms with Gasteiger partial charge in [-0.15, -0.1) is 0 Å². The van der Waals surface area contributed by atoms with E-state index >= 15 is 0 Å². The third-order valence-corrected chi connectivity index (χ3v) is 3.43. The molecule has 0 saturated heterocycles. The summed E-state index contributed by atoms with van der Waals surface area (Å²) in [7, 11) is 1.66. The summed E-state index contributed by atoms with van der Waals surface area (Å²) in [5.74, 6) is 0.860. The van der Waals surface area contributed by atoms with Crippen molar-refractivity contribution in [1.29, 1.82) is 0 Å². The molecule has 1 fully saturated rings. The summed E-state index contributed by atoms with van der Waals surface area (Å²) in [6.45, 7) is 3.44. The highest BCUT2D eigenvalue weighted by molar-refractivity contribution is 5.26. The largest absolute Gasteiger partial charge is 0.497 e. The van der Waals surface area contributed by atoms with Crippen LogP contribution in [0.25, 0.3) is 0 Å². The quantitative estimate of drug-likeness (QED) is 0.820. The number of methoxy groups -OCH3 is 1. The first-order chi connectivity index (χ1) is 9.24. The molecule has 4 nitrogen and oxygen atoms in total. The molecule has 3 unspecified atom stereocenters. The van der Waals surface area contributed by atoms with Gasteiger partial charge in [0.05, 0.1) is 25.9 Å². The van der Waals surface area contributed by atoms with Gasteiger partial charge in [-0.2, -0.15) is 0 Å². The Labute approximate surface area is 114 Å². The molecule has 3 atom stereocenters. The van der Waals surface area contributed by atoms with Crippen molar-refractivity contribution in [2.45, 2.75) is 44.6 Å². The van der Waals surface area contributed by atoms with Crippen molar-refractivity contribution in [3.63, 3.8) is 0 Å². The zero-order chi connectivity index (χ0) is 13.7. The van der Waals surface area contributed by atoms with Gasteiger partial charge in [0, 0.05) is 12.6 Å². The molecule has 0 amide bonds. The van der Waals surface area contributed by atoms with Gasteiger partial charge in [-0.25, -0.2) is 0 Å². The molecule has 1 aliphatic carbocycles. The summed E-state index contributed by atoms with van der Waals surface area (Å²) in [5, 5.41) is 0. The van der Waals surface area contributed by atoms with E-state index in [0.29, 0.717) is 6.61 Å². The van der Waals surface area contributed by atoms with Crippen LogP contribution in [0.1, 0.15) is 25.3 Å². The first-order valence-electron chi connectivity index (χ1n) is 6.86. The van der Waals surface area contributed by atoms with Crippen LogP contribution in [0, 0.1) is 0 Å². The number of nitrogens with two attached hydrogens (primary N) is 1. The van der Waals surface area contributed by atoms with Crippen molar-refractivity contribution >= 4 is 0 Å². The average Bonchev–Trinajstić information content (AvgIpc) is 2.44. The van der Waals surface area contributed by atoms with Crippen molar-refractivity contribution < 1.29 is 14.2 Å². The zero-order valence-electron chi connectivity index (χ0n) is 11.7. The van der Waals surface area contributed by atoms with E-state index < -0.39 is 0 Å². The van der Waals surface area contributed by atoms with Crippen LogP contribution in [-0.2, 0) is 16.1 Å². The van der Waals surface area contributed by atoms with E-state index in [-0.39, 0.29) is 18.2 Å². The fourth-order valence-corrected chi connectivity index (χ4v) is 2.19. The first-order valence-corrected chi connectivity index (χ1v) is 6.86. The molecule has 1 aromatic rings. The maximum Gasteiger partial charge on any atom is 0.118 e. The Balaban J connectivity index is 1.78. The van der Waals surface area contributed by atoms with Gasteiger partial charge in [0.25, 0.3) is 0 Å². The van der Waals surface area contributed by atoms with Crippen molar-refractivity contribution in [1.82, 2.24) is 0 Å². The van der Waals surface area contributed by atoms with E-state index in [9.17, 15) is 0 Å².